The maximum atomic E-state index is 16.1. The number of hydrogen-bond donors (Lipinski definition) is 2. The molecule has 0 aliphatic carbocycles. The molecule has 0 radical (unpaired) electrons. The molecule has 42 heavy (non-hydrogen) atoms. The van der Waals surface area contributed by atoms with Crippen molar-refractivity contribution in [1.82, 2.24) is 24.8 Å². The molecule has 0 atom stereocenters. The van der Waals surface area contributed by atoms with Crippen LogP contribution in [0.25, 0.3) is 11.4 Å². The van der Waals surface area contributed by atoms with Crippen molar-refractivity contribution < 1.29 is 27.1 Å². The van der Waals surface area contributed by atoms with Crippen molar-refractivity contribution in [2.45, 2.75) is 24.9 Å². The van der Waals surface area contributed by atoms with Crippen LogP contribution in [0.15, 0.2) is 61.1 Å². The van der Waals surface area contributed by atoms with Crippen molar-refractivity contribution in [3.05, 3.63) is 83.6 Å². The Morgan fingerprint density at radius 3 is 2.48 bits per heavy atom. The molecule has 218 valence electrons. The highest BCUT2D eigenvalue weighted by atomic mass is 19.4. The van der Waals surface area contributed by atoms with Crippen LogP contribution < -0.4 is 15.4 Å². The van der Waals surface area contributed by atoms with Gasteiger partial charge in [0.2, 0.25) is 11.8 Å². The van der Waals surface area contributed by atoms with Crippen LogP contribution in [0, 0.1) is 5.82 Å². The summed E-state index contributed by atoms with van der Waals surface area (Å²) in [5.74, 6) is -3.21. The molecule has 0 unspecified atom stereocenters. The van der Waals surface area contributed by atoms with Gasteiger partial charge in [-0.05, 0) is 63.2 Å². The van der Waals surface area contributed by atoms with Gasteiger partial charge in [0.05, 0.1) is 11.3 Å². The lowest BCUT2D eigenvalue weighted by Crippen LogP contribution is -2.31. The molecule has 1 fully saturated rings. The minimum Gasteiger partial charge on any atom is -0.438 e. The van der Waals surface area contributed by atoms with Gasteiger partial charge in [-0.3, -0.25) is 4.79 Å². The van der Waals surface area contributed by atoms with Crippen LogP contribution in [0.1, 0.15) is 40.2 Å². The smallest absolute Gasteiger partial charge is 0.420 e. The van der Waals surface area contributed by atoms with Crippen LogP contribution in [-0.2, 0) is 6.18 Å². The number of piperidine rings is 1. The Morgan fingerprint density at radius 1 is 1.05 bits per heavy atom. The number of amides is 1. The van der Waals surface area contributed by atoms with E-state index in [-0.39, 0.29) is 28.8 Å². The first-order valence-electron chi connectivity index (χ1n) is 13.1. The first-order chi connectivity index (χ1) is 20.2. The third kappa shape index (κ3) is 6.15. The first-order valence-corrected chi connectivity index (χ1v) is 13.1. The number of likely N-dealkylation sites (tertiary alicyclic amines) is 1. The average molecular weight is 582 g/mol. The lowest BCUT2D eigenvalue weighted by molar-refractivity contribution is -0.139. The minimum atomic E-state index is -4.99. The fraction of sp³-hybridized carbons (Fsp3) is 0.276. The standard InChI is InChI=1S/C29H27F4N7O2/c1-34-28-37-16-36-25(39-28)19-9-6-12-35-27(19)42-21-15-20(38-26(41)18-7-4-3-5-8-18)24(30)22(23(21)29(31,32)33)17-10-13-40(2)14-11-17/h3-9,12,15-17H,10-11,13-14H2,1-2H3,(H,38,41)(H,34,36,37,39). The number of anilines is 2. The zero-order chi connectivity index (χ0) is 29.9. The summed E-state index contributed by atoms with van der Waals surface area (Å²) in [4.78, 5) is 31.4. The predicted molar refractivity (Wildman–Crippen MR) is 148 cm³/mol. The molecule has 2 N–H and O–H groups in total. The Morgan fingerprint density at radius 2 is 1.79 bits per heavy atom. The fourth-order valence-corrected chi connectivity index (χ4v) is 4.88. The van der Waals surface area contributed by atoms with E-state index in [0.29, 0.717) is 25.9 Å². The molecule has 5 rings (SSSR count). The number of benzene rings is 2. The lowest BCUT2D eigenvalue weighted by Gasteiger charge is -2.32. The number of ether oxygens (including phenoxy) is 1. The summed E-state index contributed by atoms with van der Waals surface area (Å²) in [5, 5.41) is 5.22. The van der Waals surface area contributed by atoms with E-state index >= 15 is 4.39 Å². The Labute approximate surface area is 239 Å². The van der Waals surface area contributed by atoms with E-state index in [9.17, 15) is 18.0 Å². The van der Waals surface area contributed by atoms with Gasteiger partial charge in [-0.25, -0.2) is 19.3 Å². The fourth-order valence-electron chi connectivity index (χ4n) is 4.88. The Kier molecular flexibility index (Phi) is 8.29. The maximum absolute atomic E-state index is 16.1. The number of rotatable bonds is 7. The van der Waals surface area contributed by atoms with Crippen LogP contribution in [0.3, 0.4) is 0 Å². The second-order valence-electron chi connectivity index (χ2n) is 9.76. The third-order valence-electron chi connectivity index (χ3n) is 6.97. The molecule has 13 heteroatoms. The molecule has 0 bridgehead atoms. The molecule has 0 saturated carbocycles. The van der Waals surface area contributed by atoms with E-state index in [1.54, 1.807) is 31.3 Å². The first kappa shape index (κ1) is 28.9. The van der Waals surface area contributed by atoms with E-state index in [4.69, 9.17) is 4.74 Å². The van der Waals surface area contributed by atoms with E-state index < -0.39 is 46.4 Å². The number of hydrogen-bond acceptors (Lipinski definition) is 8. The van der Waals surface area contributed by atoms with Crippen molar-refractivity contribution in [3.8, 4) is 23.0 Å². The number of nitrogens with zero attached hydrogens (tertiary/aromatic N) is 5. The average Bonchev–Trinajstić information content (AvgIpc) is 2.99. The molecule has 2 aromatic carbocycles. The molecule has 1 aliphatic rings. The van der Waals surface area contributed by atoms with Gasteiger partial charge in [0.15, 0.2) is 11.6 Å². The summed E-state index contributed by atoms with van der Waals surface area (Å²) in [6.45, 7) is 0.964. The Bertz CT molecular complexity index is 1580. The quantitative estimate of drug-likeness (QED) is 0.257. The number of halogens is 4. The van der Waals surface area contributed by atoms with Crippen molar-refractivity contribution in [2.24, 2.45) is 0 Å². The molecule has 3 heterocycles. The number of alkyl halides is 3. The van der Waals surface area contributed by atoms with Gasteiger partial charge in [-0.15, -0.1) is 0 Å². The zero-order valence-corrected chi connectivity index (χ0v) is 22.7. The van der Waals surface area contributed by atoms with Gasteiger partial charge in [0.25, 0.3) is 5.91 Å². The molecular formula is C29H27F4N7O2. The third-order valence-corrected chi connectivity index (χ3v) is 6.97. The second-order valence-corrected chi connectivity index (χ2v) is 9.76. The summed E-state index contributed by atoms with van der Waals surface area (Å²) >= 11 is 0. The highest BCUT2D eigenvalue weighted by Crippen LogP contribution is 2.48. The highest BCUT2D eigenvalue weighted by Gasteiger charge is 2.42. The number of carbonyl (C=O) groups excluding carboxylic acids is 1. The van der Waals surface area contributed by atoms with Crippen LogP contribution in [0.5, 0.6) is 11.6 Å². The number of carbonyl (C=O) groups is 1. The van der Waals surface area contributed by atoms with E-state index in [2.05, 4.69) is 30.6 Å². The van der Waals surface area contributed by atoms with Gasteiger partial charge in [-0.1, -0.05) is 18.2 Å². The highest BCUT2D eigenvalue weighted by molar-refractivity contribution is 6.04. The van der Waals surface area contributed by atoms with Crippen LogP contribution in [0.4, 0.5) is 29.2 Å². The van der Waals surface area contributed by atoms with Crippen LogP contribution >= 0.6 is 0 Å². The topological polar surface area (TPSA) is 105 Å². The molecular weight excluding hydrogens is 554 g/mol. The molecule has 0 spiro atoms. The summed E-state index contributed by atoms with van der Waals surface area (Å²) in [7, 11) is 3.45. The van der Waals surface area contributed by atoms with Crippen molar-refractivity contribution >= 4 is 17.5 Å². The minimum absolute atomic E-state index is 0.0984. The van der Waals surface area contributed by atoms with Crippen LogP contribution in [0.2, 0.25) is 0 Å². The normalized spacial score (nSPS) is 14.4. The molecule has 1 aliphatic heterocycles. The number of pyridine rings is 1. The molecule has 9 nitrogen and oxygen atoms in total. The van der Waals surface area contributed by atoms with Crippen molar-refractivity contribution in [2.75, 3.05) is 37.8 Å². The summed E-state index contributed by atoms with van der Waals surface area (Å²) in [5.41, 5.74) is -1.84. The van der Waals surface area contributed by atoms with Gasteiger partial charge in [-0.2, -0.15) is 18.2 Å². The van der Waals surface area contributed by atoms with E-state index in [0.717, 1.165) is 6.07 Å². The largest absolute Gasteiger partial charge is 0.438 e. The predicted octanol–water partition coefficient (Wildman–Crippen LogP) is 5.99. The summed E-state index contributed by atoms with van der Waals surface area (Å²) < 4.78 is 66.4. The number of nitrogens with one attached hydrogen (secondary N) is 2. The molecule has 1 amide bonds. The monoisotopic (exact) mass is 581 g/mol. The zero-order valence-electron chi connectivity index (χ0n) is 22.7. The van der Waals surface area contributed by atoms with Gasteiger partial charge < -0.3 is 20.3 Å². The molecule has 4 aromatic rings. The second kappa shape index (κ2) is 12.1. The van der Waals surface area contributed by atoms with E-state index in [1.165, 1.54) is 30.7 Å². The van der Waals surface area contributed by atoms with Crippen molar-refractivity contribution in [1.29, 1.82) is 0 Å². The molecule has 1 saturated heterocycles. The van der Waals surface area contributed by atoms with Crippen molar-refractivity contribution in [3.63, 3.8) is 0 Å². The van der Waals surface area contributed by atoms with Gasteiger partial charge in [0, 0.05) is 30.4 Å². The maximum Gasteiger partial charge on any atom is 0.420 e. The Hall–Kier alpha value is -4.65. The lowest BCUT2D eigenvalue weighted by atomic mass is 9.85. The van der Waals surface area contributed by atoms with Gasteiger partial charge in [0.1, 0.15) is 17.6 Å². The SMILES string of the molecule is CNc1ncnc(-c2cccnc2Oc2cc(NC(=O)c3ccccc3)c(F)c(C3CCN(C)CC3)c2C(F)(F)F)n1. The molecule has 2 aromatic heterocycles. The van der Waals surface area contributed by atoms with Crippen LogP contribution in [-0.4, -0.2) is 57.9 Å². The van der Waals surface area contributed by atoms with Gasteiger partial charge >= 0.3 is 6.18 Å². The number of aromatic nitrogens is 4. The Balaban J connectivity index is 1.66. The summed E-state index contributed by atoms with van der Waals surface area (Å²) in [6, 6.07) is 11.9. The van der Waals surface area contributed by atoms with E-state index in [1.807, 2.05) is 11.9 Å². The summed E-state index contributed by atoms with van der Waals surface area (Å²) in [6.07, 6.45) is -1.83.